The molecule has 1 aromatic rings. The molecule has 6 nitrogen and oxygen atoms in total. The zero-order chi connectivity index (χ0) is 20.0. The molecule has 158 valence electrons. The van der Waals surface area contributed by atoms with Crippen LogP contribution in [0.3, 0.4) is 0 Å². The maximum Gasteiger partial charge on any atom is 0.158 e. The fourth-order valence-corrected chi connectivity index (χ4v) is 9.16. The summed E-state index contributed by atoms with van der Waals surface area (Å²) < 4.78 is 1.60. The van der Waals surface area contributed by atoms with Crippen molar-refractivity contribution in [1.82, 2.24) is 20.2 Å². The van der Waals surface area contributed by atoms with Crippen molar-refractivity contribution >= 4 is 5.78 Å². The quantitative estimate of drug-likeness (QED) is 0.846. The summed E-state index contributed by atoms with van der Waals surface area (Å²) in [4.78, 5) is 13.3. The van der Waals surface area contributed by atoms with Gasteiger partial charge in [-0.3, -0.25) is 4.79 Å². The van der Waals surface area contributed by atoms with Crippen molar-refractivity contribution in [1.29, 1.82) is 0 Å². The number of carbonyl (C=O) groups excluding carboxylic acids is 1. The minimum atomic E-state index is -0.445. The first-order valence-electron chi connectivity index (χ1n) is 11.8. The summed E-state index contributed by atoms with van der Waals surface area (Å²) >= 11 is 0. The van der Waals surface area contributed by atoms with Gasteiger partial charge in [0.25, 0.3) is 0 Å². The second-order valence-electron chi connectivity index (χ2n) is 11.7. The Morgan fingerprint density at radius 2 is 1.90 bits per heavy atom. The van der Waals surface area contributed by atoms with E-state index in [1.165, 1.54) is 38.5 Å². The summed E-state index contributed by atoms with van der Waals surface area (Å²) in [5, 5.41) is 21.9. The Bertz CT molecular complexity index is 808. The fourth-order valence-electron chi connectivity index (χ4n) is 9.16. The molecule has 0 aliphatic heterocycles. The number of nitrogens with zero attached hydrogens (tertiary/aromatic N) is 4. The maximum absolute atomic E-state index is 13.3. The molecule has 29 heavy (non-hydrogen) atoms. The van der Waals surface area contributed by atoms with Crippen molar-refractivity contribution in [3.8, 4) is 0 Å². The molecule has 0 spiro atoms. The third-order valence-electron chi connectivity index (χ3n) is 10.1. The molecule has 10 atom stereocenters. The molecule has 1 heterocycles. The third-order valence-corrected chi connectivity index (χ3v) is 10.1. The lowest BCUT2D eigenvalue weighted by atomic mass is 9.48. The summed E-state index contributed by atoms with van der Waals surface area (Å²) in [6, 6.07) is 0. The van der Waals surface area contributed by atoms with Gasteiger partial charge in [-0.15, -0.1) is 5.10 Å². The van der Waals surface area contributed by atoms with Crippen molar-refractivity contribution in [3.05, 3.63) is 6.33 Å². The van der Waals surface area contributed by atoms with E-state index >= 15 is 0 Å². The number of ketones is 1. The number of fused-ring (bicyclic) bond motifs is 7. The van der Waals surface area contributed by atoms with E-state index in [4.69, 9.17) is 0 Å². The molecule has 0 aromatic carbocycles. The van der Waals surface area contributed by atoms with Crippen molar-refractivity contribution in [2.45, 2.75) is 77.4 Å². The number of hydrogen-bond donors (Lipinski definition) is 1. The Morgan fingerprint density at radius 3 is 2.69 bits per heavy atom. The van der Waals surface area contributed by atoms with E-state index in [9.17, 15) is 9.90 Å². The minimum Gasteiger partial charge on any atom is -0.390 e. The Morgan fingerprint density at radius 1 is 1.07 bits per heavy atom. The molecule has 6 rings (SSSR count). The van der Waals surface area contributed by atoms with Gasteiger partial charge in [0.1, 0.15) is 12.9 Å². The largest absolute Gasteiger partial charge is 0.390 e. The molecular weight excluding hydrogens is 364 g/mol. The van der Waals surface area contributed by atoms with Crippen LogP contribution in [-0.4, -0.2) is 36.7 Å². The monoisotopic (exact) mass is 398 g/mol. The number of aliphatic hydroxyl groups is 1. The average Bonchev–Trinajstić information content (AvgIpc) is 3.12. The summed E-state index contributed by atoms with van der Waals surface area (Å²) in [6.07, 6.45) is 11.1. The maximum atomic E-state index is 13.3. The van der Waals surface area contributed by atoms with E-state index in [2.05, 4.69) is 22.4 Å². The van der Waals surface area contributed by atoms with Crippen LogP contribution in [-0.2, 0) is 11.3 Å². The van der Waals surface area contributed by atoms with Crippen LogP contribution in [0.4, 0.5) is 0 Å². The van der Waals surface area contributed by atoms with Crippen molar-refractivity contribution in [2.75, 3.05) is 0 Å². The first kappa shape index (κ1) is 18.5. The molecule has 1 aromatic heterocycles. The van der Waals surface area contributed by atoms with Crippen molar-refractivity contribution in [3.63, 3.8) is 0 Å². The highest BCUT2D eigenvalue weighted by Crippen LogP contribution is 2.74. The standard InChI is InChI=1S/C23H34N4O2/c1-22(29)7-5-14-13(10-22)3-4-16-15(14)6-8-23(2)20(16)17-9-18(17)21(23)19(28)11-27-12-24-25-26-27/h12-18,20-21,29H,3-11H2,1-2H3/t13-,14+,15-,16-,17-,18+,20-,21-,22-,23+/m1/s1. The zero-order valence-electron chi connectivity index (χ0n) is 17.7. The van der Waals surface area contributed by atoms with Gasteiger partial charge in [-0.2, -0.15) is 0 Å². The van der Waals surface area contributed by atoms with Crippen LogP contribution in [0.5, 0.6) is 0 Å². The van der Waals surface area contributed by atoms with Crippen molar-refractivity contribution in [2.24, 2.45) is 52.8 Å². The van der Waals surface area contributed by atoms with E-state index in [0.29, 0.717) is 18.2 Å². The van der Waals surface area contributed by atoms with Gasteiger partial charge in [0.2, 0.25) is 0 Å². The van der Waals surface area contributed by atoms with Crippen LogP contribution in [0.2, 0.25) is 0 Å². The molecule has 5 fully saturated rings. The summed E-state index contributed by atoms with van der Waals surface area (Å²) in [6.45, 7) is 4.82. The first-order chi connectivity index (χ1) is 13.9. The van der Waals surface area contributed by atoms with E-state index in [1.54, 1.807) is 11.0 Å². The Labute approximate surface area is 172 Å². The van der Waals surface area contributed by atoms with Gasteiger partial charge in [-0.25, -0.2) is 4.68 Å². The van der Waals surface area contributed by atoms with Gasteiger partial charge >= 0.3 is 0 Å². The Hall–Kier alpha value is -1.30. The Kier molecular flexibility index (Phi) is 3.89. The molecule has 1 N–H and O–H groups in total. The van der Waals surface area contributed by atoms with Gasteiger partial charge in [0.15, 0.2) is 5.78 Å². The predicted octanol–water partition coefficient (Wildman–Crippen LogP) is 3.12. The van der Waals surface area contributed by atoms with Gasteiger partial charge in [0, 0.05) is 5.92 Å². The molecule has 0 unspecified atom stereocenters. The molecule has 5 aliphatic rings. The van der Waals surface area contributed by atoms with E-state index < -0.39 is 5.60 Å². The molecule has 0 amide bonds. The highest BCUT2D eigenvalue weighted by molar-refractivity contribution is 5.83. The number of rotatable bonds is 3. The van der Waals surface area contributed by atoms with Crippen LogP contribution < -0.4 is 0 Å². The number of aromatic nitrogens is 4. The highest BCUT2D eigenvalue weighted by atomic mass is 16.3. The van der Waals surface area contributed by atoms with Gasteiger partial charge in [0.05, 0.1) is 5.60 Å². The van der Waals surface area contributed by atoms with Crippen LogP contribution in [0.15, 0.2) is 6.33 Å². The average molecular weight is 399 g/mol. The molecular formula is C23H34N4O2. The number of hydrogen-bond acceptors (Lipinski definition) is 5. The van der Waals surface area contributed by atoms with Crippen LogP contribution in [0, 0.1) is 52.8 Å². The lowest BCUT2D eigenvalue weighted by Gasteiger charge is -2.57. The summed E-state index contributed by atoms with van der Waals surface area (Å²) in [7, 11) is 0. The lowest BCUT2D eigenvalue weighted by molar-refractivity contribution is -0.136. The second-order valence-corrected chi connectivity index (χ2v) is 11.7. The van der Waals surface area contributed by atoms with Crippen molar-refractivity contribution < 1.29 is 9.90 Å². The predicted molar refractivity (Wildman–Crippen MR) is 106 cm³/mol. The molecule has 0 saturated heterocycles. The SMILES string of the molecule is C[C@@]1(O)CC[C@H]2[C@H](CC[C@@H]3[C@@H]2CC[C@@]2(C)[C@H]3[C@@H]3C[C@@H]3[C@@H]2C(=O)Cn2cnnn2)C1. The molecule has 0 bridgehead atoms. The fraction of sp³-hybridized carbons (Fsp3) is 0.913. The number of carbonyl (C=O) groups is 1. The van der Waals surface area contributed by atoms with Gasteiger partial charge in [-0.1, -0.05) is 6.92 Å². The van der Waals surface area contributed by atoms with E-state index in [1.807, 2.05) is 6.92 Å². The smallest absolute Gasteiger partial charge is 0.158 e. The van der Waals surface area contributed by atoms with E-state index in [0.717, 1.165) is 48.3 Å². The molecule has 6 heteroatoms. The first-order valence-corrected chi connectivity index (χ1v) is 11.8. The Balaban J connectivity index is 1.24. The second kappa shape index (κ2) is 6.12. The van der Waals surface area contributed by atoms with Crippen LogP contribution in [0.25, 0.3) is 0 Å². The molecule has 5 saturated carbocycles. The zero-order valence-corrected chi connectivity index (χ0v) is 17.7. The topological polar surface area (TPSA) is 80.9 Å². The number of Topliss-reactive ketones (excluding diaryl/α,β-unsaturated/α-hetero) is 1. The van der Waals surface area contributed by atoms with Gasteiger partial charge in [-0.05, 0) is 116 Å². The third kappa shape index (κ3) is 2.70. The van der Waals surface area contributed by atoms with Gasteiger partial charge < -0.3 is 5.11 Å². The van der Waals surface area contributed by atoms with Crippen LogP contribution >= 0.6 is 0 Å². The lowest BCUT2D eigenvalue weighted by Crippen LogP contribution is -2.52. The summed E-state index contributed by atoms with van der Waals surface area (Å²) in [5.41, 5.74) is -0.271. The van der Waals surface area contributed by atoms with E-state index in [-0.39, 0.29) is 11.3 Å². The minimum absolute atomic E-state index is 0.173. The highest BCUT2D eigenvalue weighted by Gasteiger charge is 2.70. The van der Waals surface area contributed by atoms with Crippen LogP contribution in [0.1, 0.15) is 65.2 Å². The summed E-state index contributed by atoms with van der Waals surface area (Å²) in [5.74, 6) is 5.85. The number of tetrazole rings is 1. The molecule has 0 radical (unpaired) electrons. The normalized spacial score (nSPS) is 52.8. The molecule has 5 aliphatic carbocycles.